The lowest BCUT2D eigenvalue weighted by molar-refractivity contribution is -0.165. The maximum absolute atomic E-state index is 13.4. The standard InChI is InChI=1S/C19H26N2O3/c1-12-6-7-13(2)15(14(12)3)16-17(22)19(20(4)18(16)23)8-10-21(24-5)11-9-19/h6-7,16H,8-11H2,1-5H3. The fraction of sp³-hybridized carbons (Fsp3) is 0.579. The molecule has 2 aliphatic rings. The molecule has 1 atom stereocenters. The fourth-order valence-corrected chi connectivity index (χ4v) is 4.24. The van der Waals surface area contributed by atoms with Crippen molar-refractivity contribution in [1.29, 1.82) is 0 Å². The predicted octanol–water partition coefficient (Wildman–Crippen LogP) is 2.13. The first kappa shape index (κ1) is 17.1. The normalized spacial score (nSPS) is 24.2. The Morgan fingerprint density at radius 1 is 1.08 bits per heavy atom. The Hall–Kier alpha value is -1.72. The molecular formula is C19H26N2O3. The molecule has 2 aliphatic heterocycles. The smallest absolute Gasteiger partial charge is 0.238 e. The molecule has 0 N–H and O–H groups in total. The van der Waals surface area contributed by atoms with E-state index in [9.17, 15) is 9.59 Å². The Morgan fingerprint density at radius 3 is 2.25 bits per heavy atom. The summed E-state index contributed by atoms with van der Waals surface area (Å²) in [6.45, 7) is 7.35. The maximum atomic E-state index is 13.4. The average molecular weight is 330 g/mol. The third-order valence-electron chi connectivity index (χ3n) is 6.04. The summed E-state index contributed by atoms with van der Waals surface area (Å²) < 4.78 is 0. The van der Waals surface area contributed by atoms with Crippen LogP contribution in [0.2, 0.25) is 0 Å². The van der Waals surface area contributed by atoms with Crippen LogP contribution in [0.4, 0.5) is 0 Å². The van der Waals surface area contributed by atoms with E-state index in [4.69, 9.17) is 4.84 Å². The Morgan fingerprint density at radius 2 is 1.67 bits per heavy atom. The number of rotatable bonds is 2. The molecule has 24 heavy (non-hydrogen) atoms. The van der Waals surface area contributed by atoms with Crippen LogP contribution in [0.1, 0.15) is 41.0 Å². The number of likely N-dealkylation sites (N-methyl/N-ethyl adjacent to an activating group) is 1. The van der Waals surface area contributed by atoms with Gasteiger partial charge in [-0.05, 0) is 55.9 Å². The SMILES string of the molecule is CON1CCC2(CC1)C(=O)C(c1c(C)ccc(C)c1C)C(=O)N2C. The Balaban J connectivity index is 2.02. The van der Waals surface area contributed by atoms with Crippen molar-refractivity contribution in [2.75, 3.05) is 27.2 Å². The van der Waals surface area contributed by atoms with Crippen molar-refractivity contribution in [3.05, 3.63) is 34.4 Å². The number of nitrogens with zero attached hydrogens (tertiary/aromatic N) is 2. The Bertz CT molecular complexity index is 690. The summed E-state index contributed by atoms with van der Waals surface area (Å²) in [6.07, 6.45) is 1.25. The first-order valence-electron chi connectivity index (χ1n) is 8.51. The molecule has 0 aromatic heterocycles. The molecule has 0 aliphatic carbocycles. The molecule has 5 heteroatoms. The molecule has 0 saturated carbocycles. The van der Waals surface area contributed by atoms with Gasteiger partial charge in [-0.2, -0.15) is 5.06 Å². The predicted molar refractivity (Wildman–Crippen MR) is 91.7 cm³/mol. The molecule has 0 radical (unpaired) electrons. The number of ketones is 1. The van der Waals surface area contributed by atoms with Gasteiger partial charge in [0.25, 0.3) is 0 Å². The highest BCUT2D eigenvalue weighted by Gasteiger charge is 2.58. The molecule has 2 fully saturated rings. The van der Waals surface area contributed by atoms with Crippen molar-refractivity contribution < 1.29 is 14.4 Å². The van der Waals surface area contributed by atoms with E-state index >= 15 is 0 Å². The average Bonchev–Trinajstić information content (AvgIpc) is 2.75. The molecule has 0 bridgehead atoms. The maximum Gasteiger partial charge on any atom is 0.238 e. The lowest BCUT2D eigenvalue weighted by Gasteiger charge is -2.41. The molecule has 2 saturated heterocycles. The molecule has 1 aromatic rings. The number of carbonyl (C=O) groups is 2. The van der Waals surface area contributed by atoms with E-state index in [-0.39, 0.29) is 11.7 Å². The van der Waals surface area contributed by atoms with E-state index in [0.717, 1.165) is 22.3 Å². The van der Waals surface area contributed by atoms with Gasteiger partial charge >= 0.3 is 0 Å². The van der Waals surface area contributed by atoms with E-state index in [0.29, 0.717) is 25.9 Å². The third kappa shape index (κ3) is 2.30. The van der Waals surface area contributed by atoms with Gasteiger partial charge in [0, 0.05) is 20.1 Å². The molecular weight excluding hydrogens is 304 g/mol. The van der Waals surface area contributed by atoms with Crippen molar-refractivity contribution in [1.82, 2.24) is 9.96 Å². The molecule has 1 unspecified atom stereocenters. The summed E-state index contributed by atoms with van der Waals surface area (Å²) in [5.74, 6) is -0.672. The van der Waals surface area contributed by atoms with Crippen molar-refractivity contribution in [3.8, 4) is 0 Å². The fourth-order valence-electron chi connectivity index (χ4n) is 4.24. The van der Waals surface area contributed by atoms with Crippen LogP contribution in [-0.4, -0.2) is 54.4 Å². The van der Waals surface area contributed by atoms with Gasteiger partial charge in [0.1, 0.15) is 11.5 Å². The number of Topliss-reactive ketones (excluding diaryl/α,β-unsaturated/α-hetero) is 1. The van der Waals surface area contributed by atoms with E-state index in [1.807, 2.05) is 31.9 Å². The van der Waals surface area contributed by atoms with Gasteiger partial charge in [-0.3, -0.25) is 9.59 Å². The minimum atomic E-state index is -0.681. The number of hydrogen-bond donors (Lipinski definition) is 0. The number of amides is 1. The second kappa shape index (κ2) is 5.97. The van der Waals surface area contributed by atoms with E-state index in [1.165, 1.54) is 0 Å². The Labute approximate surface area is 143 Å². The van der Waals surface area contributed by atoms with Gasteiger partial charge in [-0.15, -0.1) is 0 Å². The highest BCUT2D eigenvalue weighted by Crippen LogP contribution is 2.43. The number of aryl methyl sites for hydroxylation is 2. The summed E-state index contributed by atoms with van der Waals surface area (Å²) in [4.78, 5) is 33.4. The topological polar surface area (TPSA) is 49.9 Å². The summed E-state index contributed by atoms with van der Waals surface area (Å²) in [6, 6.07) is 4.06. The quantitative estimate of drug-likeness (QED) is 0.780. The van der Waals surface area contributed by atoms with Gasteiger partial charge < -0.3 is 9.74 Å². The second-order valence-electron chi connectivity index (χ2n) is 7.08. The van der Waals surface area contributed by atoms with Gasteiger partial charge in [0.15, 0.2) is 5.78 Å². The lowest BCUT2D eigenvalue weighted by atomic mass is 9.78. The number of benzene rings is 1. The van der Waals surface area contributed by atoms with Crippen molar-refractivity contribution in [3.63, 3.8) is 0 Å². The zero-order chi connectivity index (χ0) is 17.6. The number of piperidine rings is 1. The van der Waals surface area contributed by atoms with Crippen LogP contribution in [0.15, 0.2) is 12.1 Å². The van der Waals surface area contributed by atoms with Crippen LogP contribution >= 0.6 is 0 Å². The second-order valence-corrected chi connectivity index (χ2v) is 7.08. The van der Waals surface area contributed by atoms with Gasteiger partial charge in [0.05, 0.1) is 7.11 Å². The monoisotopic (exact) mass is 330 g/mol. The number of hydroxylamine groups is 2. The van der Waals surface area contributed by atoms with E-state index in [2.05, 4.69) is 6.07 Å². The highest BCUT2D eigenvalue weighted by molar-refractivity contribution is 6.17. The van der Waals surface area contributed by atoms with E-state index < -0.39 is 11.5 Å². The zero-order valence-electron chi connectivity index (χ0n) is 15.2. The first-order valence-corrected chi connectivity index (χ1v) is 8.51. The van der Waals surface area contributed by atoms with Crippen LogP contribution in [-0.2, 0) is 14.4 Å². The van der Waals surface area contributed by atoms with Crippen molar-refractivity contribution in [2.45, 2.75) is 45.1 Å². The zero-order valence-corrected chi connectivity index (χ0v) is 15.2. The third-order valence-corrected chi connectivity index (χ3v) is 6.04. The largest absolute Gasteiger partial charge is 0.332 e. The molecule has 130 valence electrons. The summed E-state index contributed by atoms with van der Waals surface area (Å²) in [5, 5.41) is 1.85. The minimum Gasteiger partial charge on any atom is -0.332 e. The summed E-state index contributed by atoms with van der Waals surface area (Å²) in [5.41, 5.74) is 3.42. The van der Waals surface area contributed by atoms with Crippen molar-refractivity contribution >= 4 is 11.7 Å². The van der Waals surface area contributed by atoms with E-state index in [1.54, 1.807) is 19.1 Å². The number of likely N-dealkylation sites (tertiary alicyclic amines) is 1. The van der Waals surface area contributed by atoms with Crippen LogP contribution < -0.4 is 0 Å². The van der Waals surface area contributed by atoms with Crippen LogP contribution in [0.25, 0.3) is 0 Å². The molecule has 1 aromatic carbocycles. The van der Waals surface area contributed by atoms with Crippen LogP contribution in [0, 0.1) is 20.8 Å². The first-order chi connectivity index (χ1) is 11.3. The molecule has 5 nitrogen and oxygen atoms in total. The number of carbonyl (C=O) groups excluding carboxylic acids is 2. The molecule has 3 rings (SSSR count). The Kier molecular flexibility index (Phi) is 4.26. The van der Waals surface area contributed by atoms with Gasteiger partial charge in [-0.25, -0.2) is 0 Å². The lowest BCUT2D eigenvalue weighted by Crippen LogP contribution is -2.54. The summed E-state index contributed by atoms with van der Waals surface area (Å²) >= 11 is 0. The molecule has 1 amide bonds. The minimum absolute atomic E-state index is 0.0579. The summed E-state index contributed by atoms with van der Waals surface area (Å²) in [7, 11) is 3.43. The van der Waals surface area contributed by atoms with Gasteiger partial charge in [0.2, 0.25) is 5.91 Å². The van der Waals surface area contributed by atoms with Crippen LogP contribution in [0.3, 0.4) is 0 Å². The molecule has 1 spiro atoms. The highest BCUT2D eigenvalue weighted by atomic mass is 16.7. The number of hydrogen-bond acceptors (Lipinski definition) is 4. The van der Waals surface area contributed by atoms with Gasteiger partial charge in [-0.1, -0.05) is 12.1 Å². The molecule has 2 heterocycles. The van der Waals surface area contributed by atoms with Crippen LogP contribution in [0.5, 0.6) is 0 Å². The van der Waals surface area contributed by atoms with Crippen molar-refractivity contribution in [2.24, 2.45) is 0 Å².